The number of nitrogens with one attached hydrogen (secondary N) is 1. The van der Waals surface area contributed by atoms with E-state index in [2.05, 4.69) is 15.2 Å². The third-order valence-corrected chi connectivity index (χ3v) is 5.48. The van der Waals surface area contributed by atoms with Crippen LogP contribution >= 0.6 is 11.6 Å². The van der Waals surface area contributed by atoms with Crippen LogP contribution in [0.3, 0.4) is 0 Å². The lowest BCUT2D eigenvalue weighted by molar-refractivity contribution is 0.576. The highest BCUT2D eigenvalue weighted by atomic mass is 35.5. The Balaban J connectivity index is 2.16. The van der Waals surface area contributed by atoms with Crippen molar-refractivity contribution in [3.63, 3.8) is 0 Å². The summed E-state index contributed by atoms with van der Waals surface area (Å²) in [6.45, 7) is 1.89. The number of fused-ring (bicyclic) bond motifs is 1. The van der Waals surface area contributed by atoms with Gasteiger partial charge in [-0.1, -0.05) is 31.0 Å². The number of aromatic nitrogens is 4. The second-order valence-corrected chi connectivity index (χ2v) is 7.77. The predicted molar refractivity (Wildman–Crippen MR) is 89.9 cm³/mol. The number of sulfone groups is 1. The Bertz CT molecular complexity index is 1090. The van der Waals surface area contributed by atoms with Crippen LogP contribution in [-0.2, 0) is 22.0 Å². The van der Waals surface area contributed by atoms with Crippen molar-refractivity contribution in [3.8, 4) is 0 Å². The lowest BCUT2D eigenvalue weighted by Crippen LogP contribution is -2.16. The monoisotopic (exact) mass is 384 g/mol. The van der Waals surface area contributed by atoms with Gasteiger partial charge in [-0.2, -0.15) is 0 Å². The molecule has 0 fully saturated rings. The zero-order chi connectivity index (χ0) is 18.2. The summed E-state index contributed by atoms with van der Waals surface area (Å²) in [5.74, 6) is -1.36. The Morgan fingerprint density at radius 2 is 2.08 bits per heavy atom. The maximum absolute atomic E-state index is 14.0. The molecule has 0 amide bonds. The highest BCUT2D eigenvalue weighted by molar-refractivity contribution is 7.90. The first-order chi connectivity index (χ1) is 11.8. The van der Waals surface area contributed by atoms with Gasteiger partial charge in [0, 0.05) is 22.3 Å². The molecule has 3 aromatic rings. The standard InChI is InChI=1S/C15H14ClFN4O3S/c1-2-4-9-7-13(22)18-14-19-20-15(21(9)14)25(23,24)8-10-11(16)5-3-6-12(10)17/h3,5-7H,2,4,8H2,1H3,(H,18,19,22). The van der Waals surface area contributed by atoms with E-state index in [-0.39, 0.29) is 21.5 Å². The summed E-state index contributed by atoms with van der Waals surface area (Å²) < 4.78 is 40.8. The summed E-state index contributed by atoms with van der Waals surface area (Å²) >= 11 is 5.92. The number of H-pyrrole nitrogens is 1. The minimum Gasteiger partial charge on any atom is -0.291 e. The number of nitrogens with zero attached hydrogens (tertiary/aromatic N) is 3. The molecule has 0 saturated carbocycles. The van der Waals surface area contributed by atoms with E-state index in [1.165, 1.54) is 22.6 Å². The van der Waals surface area contributed by atoms with Crippen molar-refractivity contribution < 1.29 is 12.8 Å². The second-order valence-electron chi connectivity index (χ2n) is 5.48. The molecule has 0 unspecified atom stereocenters. The molecule has 2 aromatic heterocycles. The molecule has 0 radical (unpaired) electrons. The van der Waals surface area contributed by atoms with E-state index in [1.807, 2.05) is 6.92 Å². The molecule has 0 atom stereocenters. The second kappa shape index (κ2) is 6.57. The average molecular weight is 385 g/mol. The summed E-state index contributed by atoms with van der Waals surface area (Å²) in [5, 5.41) is 7.08. The zero-order valence-corrected chi connectivity index (χ0v) is 14.7. The fourth-order valence-corrected chi connectivity index (χ4v) is 4.30. The maximum atomic E-state index is 14.0. The van der Waals surface area contributed by atoms with E-state index < -0.39 is 27.0 Å². The lowest BCUT2D eigenvalue weighted by atomic mass is 10.2. The molecule has 7 nitrogen and oxygen atoms in total. The number of hydrogen-bond acceptors (Lipinski definition) is 5. The molecule has 0 saturated heterocycles. The zero-order valence-electron chi connectivity index (χ0n) is 13.2. The first-order valence-corrected chi connectivity index (χ1v) is 9.49. The summed E-state index contributed by atoms with van der Waals surface area (Å²) in [6, 6.07) is 5.25. The number of aryl methyl sites for hydroxylation is 1. The van der Waals surface area contributed by atoms with Crippen molar-refractivity contribution >= 4 is 27.2 Å². The van der Waals surface area contributed by atoms with Gasteiger partial charge in [-0.05, 0) is 18.6 Å². The Hall–Kier alpha value is -2.26. The van der Waals surface area contributed by atoms with Crippen LogP contribution in [0.15, 0.2) is 34.2 Å². The molecular weight excluding hydrogens is 371 g/mol. The number of benzene rings is 1. The van der Waals surface area contributed by atoms with Gasteiger partial charge in [-0.25, -0.2) is 12.8 Å². The van der Waals surface area contributed by atoms with E-state index in [9.17, 15) is 17.6 Å². The van der Waals surface area contributed by atoms with Crippen molar-refractivity contribution in [1.29, 1.82) is 0 Å². The van der Waals surface area contributed by atoms with Crippen LogP contribution in [0.5, 0.6) is 0 Å². The molecular formula is C15H14ClFN4O3S. The molecule has 2 heterocycles. The van der Waals surface area contributed by atoms with Crippen LogP contribution in [0, 0.1) is 5.82 Å². The molecule has 1 aromatic carbocycles. The normalized spacial score (nSPS) is 12.0. The van der Waals surface area contributed by atoms with Gasteiger partial charge in [-0.3, -0.25) is 14.2 Å². The number of rotatable bonds is 5. The van der Waals surface area contributed by atoms with Crippen LogP contribution in [0.25, 0.3) is 5.78 Å². The van der Waals surface area contributed by atoms with E-state index in [1.54, 1.807) is 0 Å². The van der Waals surface area contributed by atoms with Gasteiger partial charge in [0.05, 0.1) is 5.75 Å². The molecule has 10 heteroatoms. The van der Waals surface area contributed by atoms with Gasteiger partial charge in [0.15, 0.2) is 0 Å². The van der Waals surface area contributed by atoms with E-state index in [4.69, 9.17) is 11.6 Å². The molecule has 0 aliphatic carbocycles. The maximum Gasteiger partial charge on any atom is 0.255 e. The van der Waals surface area contributed by atoms with Crippen LogP contribution in [0.2, 0.25) is 5.02 Å². The molecule has 0 spiro atoms. The fourth-order valence-electron chi connectivity index (χ4n) is 2.54. The first-order valence-electron chi connectivity index (χ1n) is 7.46. The molecule has 0 aliphatic rings. The molecule has 1 N–H and O–H groups in total. The summed E-state index contributed by atoms with van der Waals surface area (Å²) in [4.78, 5) is 14.1. The van der Waals surface area contributed by atoms with Crippen LogP contribution in [0.4, 0.5) is 4.39 Å². The van der Waals surface area contributed by atoms with Crippen molar-refractivity contribution in [3.05, 3.63) is 56.7 Å². The number of aromatic amines is 1. The molecule has 132 valence electrons. The van der Waals surface area contributed by atoms with Gasteiger partial charge in [-0.15, -0.1) is 10.2 Å². The van der Waals surface area contributed by atoms with Gasteiger partial charge in [0.2, 0.25) is 15.6 Å². The number of hydrogen-bond donors (Lipinski definition) is 1. The van der Waals surface area contributed by atoms with Crippen LogP contribution in [-0.4, -0.2) is 28.0 Å². The molecule has 25 heavy (non-hydrogen) atoms. The van der Waals surface area contributed by atoms with Gasteiger partial charge in [0.25, 0.3) is 10.7 Å². The quantitative estimate of drug-likeness (QED) is 0.726. The van der Waals surface area contributed by atoms with E-state index in [0.29, 0.717) is 18.5 Å². The third-order valence-electron chi connectivity index (χ3n) is 3.63. The Labute approximate surface area is 147 Å². The van der Waals surface area contributed by atoms with Crippen molar-refractivity contribution in [1.82, 2.24) is 19.6 Å². The van der Waals surface area contributed by atoms with Gasteiger partial charge < -0.3 is 0 Å². The minimum absolute atomic E-state index is 0.0135. The number of halogens is 2. The first kappa shape index (κ1) is 17.6. The predicted octanol–water partition coefficient (Wildman–Crippen LogP) is 2.14. The largest absolute Gasteiger partial charge is 0.291 e. The molecule has 0 aliphatic heterocycles. The smallest absolute Gasteiger partial charge is 0.255 e. The molecule has 0 bridgehead atoms. The fraction of sp³-hybridized carbons (Fsp3) is 0.267. The topological polar surface area (TPSA) is 97.2 Å². The Morgan fingerprint density at radius 3 is 2.76 bits per heavy atom. The van der Waals surface area contributed by atoms with Crippen LogP contribution < -0.4 is 5.56 Å². The van der Waals surface area contributed by atoms with E-state index >= 15 is 0 Å². The van der Waals surface area contributed by atoms with Gasteiger partial charge >= 0.3 is 0 Å². The summed E-state index contributed by atoms with van der Waals surface area (Å²) in [6.07, 6.45) is 1.15. The minimum atomic E-state index is -4.05. The average Bonchev–Trinajstić information content (AvgIpc) is 2.96. The summed E-state index contributed by atoms with van der Waals surface area (Å²) in [7, 11) is -4.05. The summed E-state index contributed by atoms with van der Waals surface area (Å²) in [5.41, 5.74) is -0.0729. The SMILES string of the molecule is CCCc1cc(=O)[nH]c2nnc(S(=O)(=O)Cc3c(F)cccc3Cl)n12. The van der Waals surface area contributed by atoms with E-state index in [0.717, 1.165) is 6.07 Å². The Morgan fingerprint density at radius 1 is 1.32 bits per heavy atom. The highest BCUT2D eigenvalue weighted by Gasteiger charge is 2.26. The lowest BCUT2D eigenvalue weighted by Gasteiger charge is -2.08. The van der Waals surface area contributed by atoms with Gasteiger partial charge in [0.1, 0.15) is 5.82 Å². The van der Waals surface area contributed by atoms with Crippen molar-refractivity contribution in [2.45, 2.75) is 30.7 Å². The molecule has 3 rings (SSSR count). The van der Waals surface area contributed by atoms with Crippen molar-refractivity contribution in [2.24, 2.45) is 0 Å². The third kappa shape index (κ3) is 3.29. The van der Waals surface area contributed by atoms with Crippen LogP contribution in [0.1, 0.15) is 24.6 Å². The van der Waals surface area contributed by atoms with Crippen molar-refractivity contribution in [2.75, 3.05) is 0 Å². The Kier molecular flexibility index (Phi) is 4.61. The highest BCUT2D eigenvalue weighted by Crippen LogP contribution is 2.24.